The molecular formula is C68H40O2. The molecule has 0 aliphatic rings. The highest BCUT2D eigenvalue weighted by Gasteiger charge is 2.26. The number of benzene rings is 13. The Morgan fingerprint density at radius 2 is 0.514 bits per heavy atom. The molecule has 15 aromatic rings. The normalized spacial score (nSPS) is 12.0. The van der Waals surface area contributed by atoms with Gasteiger partial charge in [-0.3, -0.25) is 0 Å². The molecule has 70 heavy (non-hydrogen) atoms. The van der Waals surface area contributed by atoms with Crippen LogP contribution in [-0.4, -0.2) is 0 Å². The highest BCUT2D eigenvalue weighted by atomic mass is 16.3. The average Bonchev–Trinajstić information content (AvgIpc) is 4.02. The van der Waals surface area contributed by atoms with Crippen LogP contribution < -0.4 is 0 Å². The maximum Gasteiger partial charge on any atom is 0.143 e. The zero-order valence-corrected chi connectivity index (χ0v) is 37.9. The van der Waals surface area contributed by atoms with E-state index in [1.54, 1.807) is 0 Å². The van der Waals surface area contributed by atoms with Crippen molar-refractivity contribution in [1.29, 1.82) is 0 Å². The van der Waals surface area contributed by atoms with Crippen molar-refractivity contribution >= 4 is 97.7 Å². The minimum Gasteiger partial charge on any atom is -0.455 e. The fourth-order valence-corrected chi connectivity index (χ4v) is 11.9. The lowest BCUT2D eigenvalue weighted by Crippen LogP contribution is -1.92. The van der Waals surface area contributed by atoms with Crippen molar-refractivity contribution in [2.75, 3.05) is 0 Å². The molecule has 0 bridgehead atoms. The van der Waals surface area contributed by atoms with Gasteiger partial charge in [0.2, 0.25) is 0 Å². The lowest BCUT2D eigenvalue weighted by atomic mass is 9.84. The number of rotatable bonds is 5. The smallest absolute Gasteiger partial charge is 0.143 e. The quantitative estimate of drug-likeness (QED) is 0.161. The van der Waals surface area contributed by atoms with E-state index in [2.05, 4.69) is 243 Å². The van der Waals surface area contributed by atoms with E-state index in [4.69, 9.17) is 8.83 Å². The van der Waals surface area contributed by atoms with Crippen molar-refractivity contribution in [2.24, 2.45) is 0 Å². The summed E-state index contributed by atoms with van der Waals surface area (Å²) in [5.74, 6) is 0. The molecule has 0 N–H and O–H groups in total. The molecule has 0 fully saturated rings. The second-order valence-electron chi connectivity index (χ2n) is 18.5. The van der Waals surface area contributed by atoms with Crippen LogP contribution >= 0.6 is 0 Å². The molecule has 0 radical (unpaired) electrons. The summed E-state index contributed by atoms with van der Waals surface area (Å²) < 4.78 is 14.2. The lowest BCUT2D eigenvalue weighted by Gasteiger charge is -2.19. The Labute approximate surface area is 402 Å². The van der Waals surface area contributed by atoms with E-state index in [9.17, 15) is 0 Å². The highest BCUT2D eigenvalue weighted by Crippen LogP contribution is 2.52. The number of hydrogen-bond donors (Lipinski definition) is 0. The molecule has 2 nitrogen and oxygen atoms in total. The fourth-order valence-electron chi connectivity index (χ4n) is 11.9. The topological polar surface area (TPSA) is 26.3 Å². The van der Waals surface area contributed by atoms with Crippen LogP contribution in [0.25, 0.3) is 153 Å². The third kappa shape index (κ3) is 5.62. The van der Waals surface area contributed by atoms with Crippen molar-refractivity contribution in [1.82, 2.24) is 0 Å². The first-order valence-corrected chi connectivity index (χ1v) is 24.1. The van der Waals surface area contributed by atoms with Gasteiger partial charge in [0, 0.05) is 43.6 Å². The Bertz CT molecular complexity index is 4500. The highest BCUT2D eigenvalue weighted by molar-refractivity contribution is 6.36. The molecule has 0 amide bonds. The van der Waals surface area contributed by atoms with E-state index in [-0.39, 0.29) is 0 Å². The van der Waals surface area contributed by atoms with Gasteiger partial charge in [-0.05, 0) is 112 Å². The van der Waals surface area contributed by atoms with Gasteiger partial charge in [-0.1, -0.05) is 218 Å². The molecule has 2 aromatic heterocycles. The van der Waals surface area contributed by atoms with Gasteiger partial charge in [0.1, 0.15) is 22.3 Å². The van der Waals surface area contributed by atoms with Crippen molar-refractivity contribution in [2.45, 2.75) is 0 Å². The van der Waals surface area contributed by atoms with Gasteiger partial charge in [0.25, 0.3) is 0 Å². The molecule has 0 spiro atoms. The van der Waals surface area contributed by atoms with Gasteiger partial charge in [-0.15, -0.1) is 0 Å². The molecule has 0 unspecified atom stereocenters. The largest absolute Gasteiger partial charge is 0.455 e. The number of para-hydroxylation sites is 2. The molecule has 0 atom stereocenters. The first-order valence-electron chi connectivity index (χ1n) is 24.1. The number of hydrogen-bond acceptors (Lipinski definition) is 2. The monoisotopic (exact) mass is 888 g/mol. The molecule has 0 aliphatic carbocycles. The molecule has 324 valence electrons. The molecule has 13 aromatic carbocycles. The molecule has 0 aliphatic heterocycles. The first kappa shape index (κ1) is 38.8. The molecule has 15 rings (SSSR count). The summed E-state index contributed by atoms with van der Waals surface area (Å²) in [5, 5.41) is 16.4. The van der Waals surface area contributed by atoms with E-state index in [0.717, 1.165) is 76.9 Å². The van der Waals surface area contributed by atoms with Crippen molar-refractivity contribution in [3.63, 3.8) is 0 Å². The molecule has 0 saturated heterocycles. The van der Waals surface area contributed by atoms with E-state index in [0.29, 0.717) is 0 Å². The fraction of sp³-hybridized carbons (Fsp3) is 0. The summed E-state index contributed by atoms with van der Waals surface area (Å²) in [6, 6.07) is 88.0. The van der Waals surface area contributed by atoms with Crippen LogP contribution in [0.5, 0.6) is 0 Å². The Kier molecular flexibility index (Phi) is 8.39. The number of furan rings is 2. The third-order valence-corrected chi connectivity index (χ3v) is 14.8. The predicted octanol–water partition coefficient (Wildman–Crippen LogP) is 19.6. The molecule has 2 heteroatoms. The molecular weight excluding hydrogens is 849 g/mol. The van der Waals surface area contributed by atoms with Crippen molar-refractivity contribution in [3.8, 4) is 55.6 Å². The summed E-state index contributed by atoms with van der Waals surface area (Å²) in [6.45, 7) is 0. The van der Waals surface area contributed by atoms with Crippen LogP contribution in [0.4, 0.5) is 0 Å². The van der Waals surface area contributed by atoms with Crippen LogP contribution in [0.3, 0.4) is 0 Å². The lowest BCUT2D eigenvalue weighted by molar-refractivity contribution is 0.670. The first-order chi connectivity index (χ1) is 34.8. The van der Waals surface area contributed by atoms with E-state index < -0.39 is 0 Å². The molecule has 0 saturated carbocycles. The summed E-state index contributed by atoms with van der Waals surface area (Å²) in [6.07, 6.45) is 0. The Balaban J connectivity index is 1.02. The van der Waals surface area contributed by atoms with Crippen molar-refractivity contribution < 1.29 is 8.83 Å². The van der Waals surface area contributed by atoms with Crippen LogP contribution in [0.2, 0.25) is 0 Å². The van der Waals surface area contributed by atoms with Crippen LogP contribution in [0, 0.1) is 0 Å². The van der Waals surface area contributed by atoms with Crippen molar-refractivity contribution in [3.05, 3.63) is 243 Å². The van der Waals surface area contributed by atoms with Crippen LogP contribution in [0.15, 0.2) is 251 Å². The van der Waals surface area contributed by atoms with Gasteiger partial charge < -0.3 is 8.83 Å². The van der Waals surface area contributed by atoms with Gasteiger partial charge >= 0.3 is 0 Å². The van der Waals surface area contributed by atoms with Gasteiger partial charge in [-0.25, -0.2) is 0 Å². The zero-order valence-electron chi connectivity index (χ0n) is 37.9. The van der Waals surface area contributed by atoms with Gasteiger partial charge in [0.15, 0.2) is 0 Å². The van der Waals surface area contributed by atoms with Crippen LogP contribution in [0.1, 0.15) is 0 Å². The summed E-state index contributed by atoms with van der Waals surface area (Å²) in [4.78, 5) is 0. The summed E-state index contributed by atoms with van der Waals surface area (Å²) >= 11 is 0. The van der Waals surface area contributed by atoms with E-state index >= 15 is 0 Å². The SMILES string of the molecule is c1ccc(-c2c3ccccc3c(-c3ccc(-c4cc5cc(-c6c7ccccc7c(-c7ccccc7)c7ccccc67)c6oc7ccccc7c6c5c5c4oc4ccccc45)cc3)c3ccccc23)cc1. The minimum atomic E-state index is 0.859. The third-order valence-electron chi connectivity index (χ3n) is 14.8. The Hall–Kier alpha value is -9.24. The predicted molar refractivity (Wildman–Crippen MR) is 296 cm³/mol. The van der Waals surface area contributed by atoms with Crippen LogP contribution in [-0.2, 0) is 0 Å². The second kappa shape index (κ2) is 15.1. The van der Waals surface area contributed by atoms with Gasteiger partial charge in [0.05, 0.1) is 0 Å². The Morgan fingerprint density at radius 3 is 0.929 bits per heavy atom. The van der Waals surface area contributed by atoms with E-state index in [1.165, 1.54) is 76.5 Å². The second-order valence-corrected chi connectivity index (χ2v) is 18.5. The standard InChI is InChI=1S/C68H40O2/c1-3-19-42(20-4-1)60-46-23-7-9-25-48(46)62(49-26-10-8-24-47(49)60)44-37-35-41(36-38-44)56-39-45-40-57(64-52-29-13-11-27-50(52)61(43-21-5-2-6-22-43)51-28-12-14-30-53(51)64)68-66(55-32-16-18-34-59(55)70-68)63(45)65-54-31-15-17-33-58(54)69-67(56)65/h1-40H. The minimum absolute atomic E-state index is 0.859. The van der Waals surface area contributed by atoms with Gasteiger partial charge in [-0.2, -0.15) is 0 Å². The number of fused-ring (bicyclic) bond motifs is 13. The maximum atomic E-state index is 7.13. The van der Waals surface area contributed by atoms with E-state index in [1.807, 2.05) is 0 Å². The zero-order chi connectivity index (χ0) is 45.9. The average molecular weight is 889 g/mol. The summed E-state index contributed by atoms with van der Waals surface area (Å²) in [7, 11) is 0. The molecule has 2 heterocycles. The Morgan fingerprint density at radius 1 is 0.214 bits per heavy atom. The maximum absolute atomic E-state index is 7.13. The summed E-state index contributed by atoms with van der Waals surface area (Å²) in [5.41, 5.74) is 15.2.